The molecule has 2 saturated carbocycles. The van der Waals surface area contributed by atoms with E-state index in [4.69, 9.17) is 15.5 Å². The van der Waals surface area contributed by atoms with Crippen LogP contribution in [0.25, 0.3) is 0 Å². The van der Waals surface area contributed by atoms with Gasteiger partial charge >= 0.3 is 6.09 Å². The lowest BCUT2D eigenvalue weighted by atomic mass is 9.89. The van der Waals surface area contributed by atoms with Gasteiger partial charge in [-0.05, 0) is 43.4 Å². The van der Waals surface area contributed by atoms with Crippen LogP contribution in [-0.4, -0.2) is 55.8 Å². The third-order valence-electron chi connectivity index (χ3n) is 10.7. The van der Waals surface area contributed by atoms with Crippen molar-refractivity contribution in [2.24, 2.45) is 27.6 Å². The SMILES string of the molecule is Br.Br.CN1C(=O)C(N)N=C(C2CCCCCC2)c2ccccc21.CN1C(=O)C(NC(=O)OCc2ccccc2)N=C(C2CCCCCC2)c2ccccc21. The second kappa shape index (κ2) is 20.7. The maximum absolute atomic E-state index is 13.2. The number of hydrogen-bond acceptors (Lipinski definition) is 7. The number of nitrogens with one attached hydrogen (secondary N) is 1. The summed E-state index contributed by atoms with van der Waals surface area (Å²) in [6, 6.07) is 25.4. The summed E-state index contributed by atoms with van der Waals surface area (Å²) in [5, 5.41) is 2.69. The number of hydrogen-bond donors (Lipinski definition) is 2. The number of amides is 3. The van der Waals surface area contributed by atoms with Crippen molar-refractivity contribution < 1.29 is 19.1 Å². The Balaban J connectivity index is 0.000000248. The van der Waals surface area contributed by atoms with E-state index in [0.29, 0.717) is 5.92 Å². The van der Waals surface area contributed by atoms with E-state index in [1.165, 1.54) is 38.5 Å². The second-order valence-corrected chi connectivity index (χ2v) is 14.3. The summed E-state index contributed by atoms with van der Waals surface area (Å²) in [4.78, 5) is 50.6. The fourth-order valence-corrected chi connectivity index (χ4v) is 7.85. The lowest BCUT2D eigenvalue weighted by molar-refractivity contribution is -0.120. The highest BCUT2D eigenvalue weighted by atomic mass is 79.9. The lowest BCUT2D eigenvalue weighted by Crippen LogP contribution is -2.46. The van der Waals surface area contributed by atoms with Crippen LogP contribution in [0.4, 0.5) is 16.2 Å². The summed E-state index contributed by atoms with van der Waals surface area (Å²) in [6.07, 6.45) is 11.9. The van der Waals surface area contributed by atoms with Gasteiger partial charge in [-0.1, -0.05) is 118 Å². The first-order valence-electron chi connectivity index (χ1n) is 18.9. The van der Waals surface area contributed by atoms with Gasteiger partial charge in [-0.25, -0.2) is 4.79 Å². The van der Waals surface area contributed by atoms with Gasteiger partial charge in [0.15, 0.2) is 6.17 Å². The number of anilines is 2. The number of carbonyl (C=O) groups excluding carboxylic acids is 3. The predicted molar refractivity (Wildman–Crippen MR) is 227 cm³/mol. The zero-order chi connectivity index (χ0) is 36.5. The number of aliphatic imine (C=N–C) groups is 2. The van der Waals surface area contributed by atoms with E-state index >= 15 is 0 Å². The summed E-state index contributed by atoms with van der Waals surface area (Å²) in [5.41, 5.74) is 12.7. The summed E-state index contributed by atoms with van der Waals surface area (Å²) in [5.74, 6) is 0.311. The molecule has 290 valence electrons. The van der Waals surface area contributed by atoms with Crippen molar-refractivity contribution in [3.05, 3.63) is 95.6 Å². The zero-order valence-corrected chi connectivity index (χ0v) is 34.7. The number of nitrogens with zero attached hydrogens (tertiary/aromatic N) is 4. The molecule has 0 saturated heterocycles. The molecule has 4 aliphatic rings. The Labute approximate surface area is 340 Å². The molecule has 0 radical (unpaired) electrons. The molecule has 2 unspecified atom stereocenters. The first-order chi connectivity index (χ1) is 25.3. The van der Waals surface area contributed by atoms with Gasteiger partial charge in [0.2, 0.25) is 6.17 Å². The van der Waals surface area contributed by atoms with Crippen LogP contribution in [0.3, 0.4) is 0 Å². The largest absolute Gasteiger partial charge is 0.445 e. The minimum atomic E-state index is -1.00. The van der Waals surface area contributed by atoms with Gasteiger partial charge < -0.3 is 20.3 Å². The summed E-state index contributed by atoms with van der Waals surface area (Å²) >= 11 is 0. The average Bonchev–Trinajstić information content (AvgIpc) is 3.68. The molecule has 2 atom stereocenters. The molecule has 2 aliphatic heterocycles. The second-order valence-electron chi connectivity index (χ2n) is 14.3. The summed E-state index contributed by atoms with van der Waals surface area (Å²) in [7, 11) is 3.52. The van der Waals surface area contributed by atoms with Crippen molar-refractivity contribution in [3.8, 4) is 0 Å². The third kappa shape index (κ3) is 10.5. The average molecular weight is 867 g/mol. The summed E-state index contributed by atoms with van der Waals surface area (Å²) < 4.78 is 5.34. The highest BCUT2D eigenvalue weighted by Crippen LogP contribution is 2.34. The van der Waals surface area contributed by atoms with Gasteiger partial charge in [-0.15, -0.1) is 34.0 Å². The smallest absolute Gasteiger partial charge is 0.409 e. The lowest BCUT2D eigenvalue weighted by Gasteiger charge is -2.21. The fourth-order valence-electron chi connectivity index (χ4n) is 7.85. The number of likely N-dealkylation sites (N-methyl/N-ethyl adjacent to an activating group) is 2. The number of benzodiazepines with no additional fused rings is 2. The number of nitrogens with two attached hydrogens (primary N) is 1. The number of rotatable bonds is 5. The topological polar surface area (TPSA) is 130 Å². The Bertz CT molecular complexity index is 1770. The highest BCUT2D eigenvalue weighted by molar-refractivity contribution is 8.93. The number of ether oxygens (including phenoxy) is 1. The monoisotopic (exact) mass is 864 g/mol. The van der Waals surface area contributed by atoms with E-state index in [1.807, 2.05) is 72.8 Å². The first kappa shape index (κ1) is 42.9. The molecule has 0 spiro atoms. The molecule has 0 aromatic heterocycles. The molecular formula is C42H54Br2N6O4. The van der Waals surface area contributed by atoms with Crippen molar-refractivity contribution in [3.63, 3.8) is 0 Å². The Kier molecular flexibility index (Phi) is 16.4. The Morgan fingerprint density at radius 3 is 1.63 bits per heavy atom. The molecule has 10 nitrogen and oxygen atoms in total. The number of benzene rings is 3. The van der Waals surface area contributed by atoms with E-state index in [0.717, 1.165) is 78.0 Å². The van der Waals surface area contributed by atoms with Crippen LogP contribution >= 0.6 is 34.0 Å². The van der Waals surface area contributed by atoms with Gasteiger partial charge in [0.25, 0.3) is 11.8 Å². The van der Waals surface area contributed by atoms with Gasteiger partial charge in [0, 0.05) is 42.8 Å². The molecule has 3 amide bonds. The molecule has 12 heteroatoms. The van der Waals surface area contributed by atoms with Crippen LogP contribution in [0.1, 0.15) is 93.7 Å². The van der Waals surface area contributed by atoms with Crippen molar-refractivity contribution >= 4 is 74.7 Å². The van der Waals surface area contributed by atoms with Crippen LogP contribution < -0.4 is 20.9 Å². The van der Waals surface area contributed by atoms with E-state index in [9.17, 15) is 14.4 Å². The quantitative estimate of drug-likeness (QED) is 0.249. The molecule has 2 fully saturated rings. The Morgan fingerprint density at radius 1 is 0.667 bits per heavy atom. The van der Waals surface area contributed by atoms with Crippen molar-refractivity contribution in [1.82, 2.24) is 5.32 Å². The number of halogens is 2. The van der Waals surface area contributed by atoms with E-state index in [1.54, 1.807) is 23.9 Å². The van der Waals surface area contributed by atoms with Crippen LogP contribution in [-0.2, 0) is 20.9 Å². The molecule has 2 heterocycles. The van der Waals surface area contributed by atoms with Crippen LogP contribution in [0.5, 0.6) is 0 Å². The molecular weight excluding hydrogens is 812 g/mol. The van der Waals surface area contributed by atoms with Gasteiger partial charge in [0.05, 0.1) is 17.1 Å². The molecule has 3 aromatic carbocycles. The van der Waals surface area contributed by atoms with E-state index < -0.39 is 18.4 Å². The van der Waals surface area contributed by atoms with E-state index in [-0.39, 0.29) is 58.3 Å². The Hall–Kier alpha value is -3.87. The van der Waals surface area contributed by atoms with Crippen molar-refractivity contribution in [2.45, 2.75) is 96.0 Å². The van der Waals surface area contributed by atoms with Crippen LogP contribution in [0.2, 0.25) is 0 Å². The van der Waals surface area contributed by atoms with Crippen LogP contribution in [0, 0.1) is 11.8 Å². The van der Waals surface area contributed by atoms with Gasteiger partial charge in [-0.2, -0.15) is 0 Å². The number of para-hydroxylation sites is 2. The van der Waals surface area contributed by atoms with E-state index in [2.05, 4.69) is 16.4 Å². The normalized spacial score (nSPS) is 20.6. The van der Waals surface area contributed by atoms with Gasteiger partial charge in [0.1, 0.15) is 6.61 Å². The predicted octanol–water partition coefficient (Wildman–Crippen LogP) is 8.54. The molecule has 3 N–H and O–H groups in total. The maximum Gasteiger partial charge on any atom is 0.409 e. The number of fused-ring (bicyclic) bond motifs is 2. The molecule has 7 rings (SSSR count). The summed E-state index contributed by atoms with van der Waals surface area (Å²) in [6.45, 7) is 0.142. The fraction of sp³-hybridized carbons (Fsp3) is 0.452. The van der Waals surface area contributed by atoms with Crippen molar-refractivity contribution in [1.29, 1.82) is 0 Å². The third-order valence-corrected chi connectivity index (χ3v) is 10.7. The number of alkyl carbamates (subject to hydrolysis) is 1. The first-order valence-corrected chi connectivity index (χ1v) is 18.9. The van der Waals surface area contributed by atoms with Gasteiger partial charge in [-0.3, -0.25) is 24.9 Å². The standard InChI is InChI=1S/C25H29N3O3.C17H23N3O.2BrH/c1-28-21-16-10-9-15-20(21)22(19-13-7-2-3-8-14-19)26-23(24(28)29)27-25(30)31-17-18-11-5-4-6-12-18;1-20-14-11-7-6-10-13(14)15(19-16(18)17(20)21)12-8-4-2-3-5-9-12;;/h4-6,9-12,15-16,19,23H,2-3,7-8,13-14,17H2,1H3,(H,27,30);6-7,10-12,16H,2-5,8-9,18H2,1H3;2*1H. The Morgan fingerprint density at radius 2 is 1.11 bits per heavy atom. The minimum Gasteiger partial charge on any atom is -0.445 e. The molecule has 2 aliphatic carbocycles. The highest BCUT2D eigenvalue weighted by Gasteiger charge is 2.34. The molecule has 54 heavy (non-hydrogen) atoms. The number of carbonyl (C=O) groups is 3. The molecule has 3 aromatic rings. The zero-order valence-electron chi connectivity index (χ0n) is 31.3. The minimum absolute atomic E-state index is 0. The molecule has 0 bridgehead atoms. The van der Waals surface area contributed by atoms with Crippen molar-refractivity contribution in [2.75, 3.05) is 23.9 Å². The maximum atomic E-state index is 13.2. The van der Waals surface area contributed by atoms with Crippen LogP contribution in [0.15, 0.2) is 88.8 Å².